The number of fused-ring (bicyclic) bond motifs is 1. The van der Waals surface area contributed by atoms with Crippen LogP contribution in [0.15, 0.2) is 18.2 Å². The molecule has 0 spiro atoms. The molecule has 4 heteroatoms. The Bertz CT molecular complexity index is 538. The topological polar surface area (TPSA) is 24.9 Å². The van der Waals surface area contributed by atoms with Gasteiger partial charge in [0.25, 0.3) is 0 Å². The van der Waals surface area contributed by atoms with Crippen LogP contribution in [-0.4, -0.2) is 12.0 Å². The van der Waals surface area contributed by atoms with Crippen molar-refractivity contribution in [1.29, 1.82) is 0 Å². The van der Waals surface area contributed by atoms with E-state index < -0.39 is 0 Å². The number of pyridine rings is 1. The van der Waals surface area contributed by atoms with Gasteiger partial charge in [-0.05, 0) is 37.7 Å². The van der Waals surface area contributed by atoms with Gasteiger partial charge in [-0.3, -0.25) is 4.98 Å². The minimum Gasteiger partial charge on any atom is -0.314 e. The molecular formula is C12H12Cl2N2. The zero-order valence-electron chi connectivity index (χ0n) is 9.14. The largest absolute Gasteiger partial charge is 0.314 e. The summed E-state index contributed by atoms with van der Waals surface area (Å²) in [4.78, 5) is 4.55. The van der Waals surface area contributed by atoms with E-state index in [0.717, 1.165) is 28.7 Å². The predicted molar refractivity (Wildman–Crippen MR) is 69.3 cm³/mol. The molecule has 0 saturated heterocycles. The van der Waals surface area contributed by atoms with Crippen molar-refractivity contribution in [2.75, 3.05) is 7.05 Å². The summed E-state index contributed by atoms with van der Waals surface area (Å²) in [5, 5.41) is 5.30. The first-order chi connectivity index (χ1) is 7.61. The van der Waals surface area contributed by atoms with Crippen LogP contribution < -0.4 is 5.32 Å². The van der Waals surface area contributed by atoms with E-state index in [0.29, 0.717) is 10.0 Å². The average molecular weight is 255 g/mol. The molecule has 2 nitrogen and oxygen atoms in total. The molecule has 0 unspecified atom stereocenters. The van der Waals surface area contributed by atoms with Crippen molar-refractivity contribution in [2.45, 2.75) is 13.5 Å². The van der Waals surface area contributed by atoms with E-state index in [1.54, 1.807) is 6.07 Å². The number of aromatic nitrogens is 1. The van der Waals surface area contributed by atoms with Crippen molar-refractivity contribution in [3.8, 4) is 0 Å². The number of nitrogens with one attached hydrogen (secondary N) is 1. The van der Waals surface area contributed by atoms with E-state index in [1.165, 1.54) is 0 Å². The SMILES string of the molecule is CNCc1nc2cc(Cl)cc(Cl)c2cc1C. The van der Waals surface area contributed by atoms with E-state index in [2.05, 4.69) is 10.3 Å². The van der Waals surface area contributed by atoms with Crippen molar-refractivity contribution in [3.05, 3.63) is 39.5 Å². The Balaban J connectivity index is 2.69. The Morgan fingerprint density at radius 3 is 2.69 bits per heavy atom. The predicted octanol–water partition coefficient (Wildman–Crippen LogP) is 3.57. The Hall–Kier alpha value is -0.830. The van der Waals surface area contributed by atoms with E-state index >= 15 is 0 Å². The summed E-state index contributed by atoms with van der Waals surface area (Å²) in [5.74, 6) is 0. The van der Waals surface area contributed by atoms with E-state index in [4.69, 9.17) is 23.2 Å². The molecule has 0 fully saturated rings. The number of benzene rings is 1. The average Bonchev–Trinajstić information content (AvgIpc) is 2.21. The number of nitrogens with zero attached hydrogens (tertiary/aromatic N) is 1. The van der Waals surface area contributed by atoms with Gasteiger partial charge in [0, 0.05) is 17.0 Å². The maximum absolute atomic E-state index is 6.12. The molecule has 0 saturated carbocycles. The first kappa shape index (κ1) is 11.6. The highest BCUT2D eigenvalue weighted by Gasteiger charge is 2.06. The van der Waals surface area contributed by atoms with Crippen LogP contribution in [0.25, 0.3) is 10.9 Å². The number of rotatable bonds is 2. The minimum absolute atomic E-state index is 0.615. The van der Waals surface area contributed by atoms with E-state index in [1.807, 2.05) is 26.1 Å². The van der Waals surface area contributed by atoms with Gasteiger partial charge in [-0.1, -0.05) is 23.2 Å². The molecule has 1 heterocycles. The minimum atomic E-state index is 0.615. The van der Waals surface area contributed by atoms with Crippen LogP contribution in [0.5, 0.6) is 0 Å². The van der Waals surface area contributed by atoms with Crippen LogP contribution in [0, 0.1) is 6.92 Å². The Kier molecular flexibility index (Phi) is 3.33. The van der Waals surface area contributed by atoms with E-state index in [9.17, 15) is 0 Å². The second-order valence-corrected chi connectivity index (χ2v) is 4.58. The van der Waals surface area contributed by atoms with Gasteiger partial charge in [0.05, 0.1) is 16.2 Å². The summed E-state index contributed by atoms with van der Waals surface area (Å²) < 4.78 is 0. The summed E-state index contributed by atoms with van der Waals surface area (Å²) in [6.07, 6.45) is 0. The summed E-state index contributed by atoms with van der Waals surface area (Å²) in [5.41, 5.74) is 2.99. The van der Waals surface area contributed by atoms with Gasteiger partial charge in [-0.2, -0.15) is 0 Å². The van der Waals surface area contributed by atoms with Gasteiger partial charge in [0.1, 0.15) is 0 Å². The summed E-state index contributed by atoms with van der Waals surface area (Å²) >= 11 is 12.1. The lowest BCUT2D eigenvalue weighted by Gasteiger charge is -2.08. The third-order valence-corrected chi connectivity index (χ3v) is 3.02. The van der Waals surface area contributed by atoms with Crippen molar-refractivity contribution in [1.82, 2.24) is 10.3 Å². The molecule has 0 radical (unpaired) electrons. The van der Waals surface area contributed by atoms with Crippen molar-refractivity contribution >= 4 is 34.1 Å². The first-order valence-electron chi connectivity index (χ1n) is 5.01. The third kappa shape index (κ3) is 2.14. The van der Waals surface area contributed by atoms with Crippen LogP contribution in [0.1, 0.15) is 11.3 Å². The number of hydrogen-bond acceptors (Lipinski definition) is 2. The van der Waals surface area contributed by atoms with Crippen LogP contribution in [0.4, 0.5) is 0 Å². The molecule has 1 aromatic heterocycles. The summed E-state index contributed by atoms with van der Waals surface area (Å²) in [6.45, 7) is 2.77. The highest BCUT2D eigenvalue weighted by Crippen LogP contribution is 2.28. The fourth-order valence-corrected chi connectivity index (χ4v) is 2.22. The summed E-state index contributed by atoms with van der Waals surface area (Å²) in [7, 11) is 1.90. The van der Waals surface area contributed by atoms with Gasteiger partial charge < -0.3 is 5.32 Å². The third-order valence-electron chi connectivity index (χ3n) is 2.49. The molecule has 84 valence electrons. The molecule has 16 heavy (non-hydrogen) atoms. The molecule has 0 aliphatic carbocycles. The Labute approximate surface area is 105 Å². The highest BCUT2D eigenvalue weighted by molar-refractivity contribution is 6.38. The Morgan fingerprint density at radius 1 is 1.25 bits per heavy atom. The second kappa shape index (κ2) is 4.58. The molecule has 0 aliphatic rings. The monoisotopic (exact) mass is 254 g/mol. The lowest BCUT2D eigenvalue weighted by atomic mass is 10.1. The highest BCUT2D eigenvalue weighted by atomic mass is 35.5. The standard InChI is InChI=1S/C12H12Cl2N2/c1-7-3-9-10(14)4-8(13)5-11(9)16-12(7)6-15-2/h3-5,15H,6H2,1-2H3. The molecule has 0 atom stereocenters. The van der Waals surface area contributed by atoms with Crippen LogP contribution >= 0.6 is 23.2 Å². The number of hydrogen-bond donors (Lipinski definition) is 1. The molecular weight excluding hydrogens is 243 g/mol. The normalized spacial score (nSPS) is 11.0. The van der Waals surface area contributed by atoms with Gasteiger partial charge in [0.15, 0.2) is 0 Å². The lowest BCUT2D eigenvalue weighted by Crippen LogP contribution is -2.08. The lowest BCUT2D eigenvalue weighted by molar-refractivity contribution is 0.789. The first-order valence-corrected chi connectivity index (χ1v) is 5.77. The van der Waals surface area contributed by atoms with Crippen molar-refractivity contribution in [2.24, 2.45) is 0 Å². The van der Waals surface area contributed by atoms with E-state index in [-0.39, 0.29) is 0 Å². The number of halogens is 2. The molecule has 1 aromatic carbocycles. The summed E-state index contributed by atoms with van der Waals surface area (Å²) in [6, 6.07) is 5.62. The molecule has 1 N–H and O–H groups in total. The fraction of sp³-hybridized carbons (Fsp3) is 0.250. The molecule has 0 aliphatic heterocycles. The quantitative estimate of drug-likeness (QED) is 0.887. The zero-order valence-corrected chi connectivity index (χ0v) is 10.7. The van der Waals surface area contributed by atoms with Gasteiger partial charge in [-0.25, -0.2) is 0 Å². The number of aryl methyl sites for hydroxylation is 1. The molecule has 2 rings (SSSR count). The molecule has 0 amide bonds. The van der Waals surface area contributed by atoms with Crippen LogP contribution in [0.3, 0.4) is 0 Å². The van der Waals surface area contributed by atoms with Gasteiger partial charge in [-0.15, -0.1) is 0 Å². The fourth-order valence-electron chi connectivity index (χ4n) is 1.69. The maximum atomic E-state index is 6.12. The Morgan fingerprint density at radius 2 is 2.00 bits per heavy atom. The van der Waals surface area contributed by atoms with Crippen LogP contribution in [0.2, 0.25) is 10.0 Å². The molecule has 2 aromatic rings. The van der Waals surface area contributed by atoms with Gasteiger partial charge >= 0.3 is 0 Å². The van der Waals surface area contributed by atoms with Crippen molar-refractivity contribution in [3.63, 3.8) is 0 Å². The molecule has 0 bridgehead atoms. The van der Waals surface area contributed by atoms with Crippen LogP contribution in [-0.2, 0) is 6.54 Å². The smallest absolute Gasteiger partial charge is 0.0735 e. The second-order valence-electron chi connectivity index (χ2n) is 3.74. The zero-order chi connectivity index (χ0) is 11.7. The van der Waals surface area contributed by atoms with Crippen molar-refractivity contribution < 1.29 is 0 Å². The van der Waals surface area contributed by atoms with Gasteiger partial charge in [0.2, 0.25) is 0 Å². The maximum Gasteiger partial charge on any atom is 0.0735 e.